The SMILES string of the molecule is COc1cc(Nc2nc3c(-c4ccccc4Oc4ccccc4)nccn3n2)cc(OC)c1. The molecule has 1 N–H and O–H groups in total. The number of hydrogen-bond acceptors (Lipinski definition) is 7. The number of fused-ring (bicyclic) bond motifs is 1. The van der Waals surface area contributed by atoms with Crippen LogP contribution in [0.15, 0.2) is 85.2 Å². The van der Waals surface area contributed by atoms with E-state index < -0.39 is 0 Å². The molecule has 0 radical (unpaired) electrons. The zero-order valence-electron chi connectivity index (χ0n) is 18.1. The fourth-order valence-corrected chi connectivity index (χ4v) is 3.44. The van der Waals surface area contributed by atoms with Crippen molar-refractivity contribution in [3.63, 3.8) is 0 Å². The third kappa shape index (κ3) is 4.27. The molecule has 5 rings (SSSR count). The zero-order valence-corrected chi connectivity index (χ0v) is 18.1. The Bertz CT molecular complexity index is 1380. The average molecular weight is 439 g/mol. The first-order valence-corrected chi connectivity index (χ1v) is 10.3. The molecule has 0 bridgehead atoms. The summed E-state index contributed by atoms with van der Waals surface area (Å²) < 4.78 is 18.5. The van der Waals surface area contributed by atoms with Crippen molar-refractivity contribution >= 4 is 17.3 Å². The van der Waals surface area contributed by atoms with Crippen LogP contribution in [0.5, 0.6) is 23.0 Å². The van der Waals surface area contributed by atoms with Gasteiger partial charge >= 0.3 is 0 Å². The molecule has 8 heteroatoms. The molecule has 0 amide bonds. The molecule has 0 unspecified atom stereocenters. The van der Waals surface area contributed by atoms with E-state index in [2.05, 4.69) is 20.4 Å². The summed E-state index contributed by atoms with van der Waals surface area (Å²) in [5, 5.41) is 7.76. The smallest absolute Gasteiger partial charge is 0.247 e. The highest BCUT2D eigenvalue weighted by Crippen LogP contribution is 2.34. The summed E-state index contributed by atoms with van der Waals surface area (Å²) in [6.45, 7) is 0. The molecule has 0 aliphatic rings. The first kappa shape index (κ1) is 20.3. The number of para-hydroxylation sites is 2. The number of methoxy groups -OCH3 is 2. The van der Waals surface area contributed by atoms with Gasteiger partial charge in [-0.05, 0) is 24.3 Å². The minimum absolute atomic E-state index is 0.418. The summed E-state index contributed by atoms with van der Waals surface area (Å²) in [5.41, 5.74) is 2.81. The van der Waals surface area contributed by atoms with Crippen molar-refractivity contribution in [2.24, 2.45) is 0 Å². The number of nitrogens with one attached hydrogen (secondary N) is 1. The van der Waals surface area contributed by atoms with E-state index in [0.29, 0.717) is 34.5 Å². The molecule has 0 fully saturated rings. The Morgan fingerprint density at radius 2 is 1.55 bits per heavy atom. The van der Waals surface area contributed by atoms with Crippen LogP contribution in [0, 0.1) is 0 Å². The van der Waals surface area contributed by atoms with Crippen LogP contribution >= 0.6 is 0 Å². The Morgan fingerprint density at radius 1 is 0.818 bits per heavy atom. The molecule has 0 saturated carbocycles. The van der Waals surface area contributed by atoms with E-state index in [1.807, 2.05) is 66.7 Å². The van der Waals surface area contributed by atoms with E-state index in [-0.39, 0.29) is 0 Å². The molecule has 33 heavy (non-hydrogen) atoms. The Balaban J connectivity index is 1.52. The highest BCUT2D eigenvalue weighted by atomic mass is 16.5. The number of rotatable bonds is 7. The van der Waals surface area contributed by atoms with Crippen LogP contribution in [-0.4, -0.2) is 33.8 Å². The van der Waals surface area contributed by atoms with Crippen LogP contribution in [0.4, 0.5) is 11.6 Å². The van der Waals surface area contributed by atoms with Crippen molar-refractivity contribution in [1.82, 2.24) is 19.6 Å². The molecule has 2 aromatic heterocycles. The Hall–Kier alpha value is -4.59. The maximum absolute atomic E-state index is 6.13. The van der Waals surface area contributed by atoms with E-state index in [1.54, 1.807) is 37.2 Å². The van der Waals surface area contributed by atoms with Crippen molar-refractivity contribution in [2.75, 3.05) is 19.5 Å². The fraction of sp³-hybridized carbons (Fsp3) is 0.0800. The average Bonchev–Trinajstić information content (AvgIpc) is 3.27. The first-order valence-electron chi connectivity index (χ1n) is 10.3. The van der Waals surface area contributed by atoms with Crippen LogP contribution in [0.3, 0.4) is 0 Å². The number of anilines is 2. The predicted octanol–water partition coefficient (Wildman–Crippen LogP) is 5.34. The number of nitrogens with zero attached hydrogens (tertiary/aromatic N) is 4. The monoisotopic (exact) mass is 439 g/mol. The summed E-state index contributed by atoms with van der Waals surface area (Å²) >= 11 is 0. The minimum Gasteiger partial charge on any atom is -0.497 e. The zero-order chi connectivity index (χ0) is 22.6. The Morgan fingerprint density at radius 3 is 2.30 bits per heavy atom. The molecule has 164 valence electrons. The topological polar surface area (TPSA) is 82.8 Å². The maximum Gasteiger partial charge on any atom is 0.247 e. The van der Waals surface area contributed by atoms with Crippen molar-refractivity contribution < 1.29 is 14.2 Å². The van der Waals surface area contributed by atoms with Crippen LogP contribution in [0.1, 0.15) is 0 Å². The summed E-state index contributed by atoms with van der Waals surface area (Å²) in [6.07, 6.45) is 3.44. The number of ether oxygens (including phenoxy) is 3. The Kier molecular flexibility index (Phi) is 5.47. The quantitative estimate of drug-likeness (QED) is 0.366. The number of aromatic nitrogens is 4. The molecule has 0 spiro atoms. The van der Waals surface area contributed by atoms with Gasteiger partial charge in [-0.2, -0.15) is 4.98 Å². The van der Waals surface area contributed by atoms with Gasteiger partial charge in [0, 0.05) is 41.8 Å². The predicted molar refractivity (Wildman–Crippen MR) is 126 cm³/mol. The van der Waals surface area contributed by atoms with Gasteiger partial charge < -0.3 is 19.5 Å². The summed E-state index contributed by atoms with van der Waals surface area (Å²) in [5.74, 6) is 3.16. The number of benzene rings is 3. The van der Waals surface area contributed by atoms with E-state index in [1.165, 1.54) is 0 Å². The van der Waals surface area contributed by atoms with Crippen LogP contribution in [-0.2, 0) is 0 Å². The van der Waals surface area contributed by atoms with Crippen LogP contribution in [0.25, 0.3) is 16.9 Å². The molecular weight excluding hydrogens is 418 g/mol. The third-order valence-electron chi connectivity index (χ3n) is 4.98. The lowest BCUT2D eigenvalue weighted by molar-refractivity contribution is 0.395. The van der Waals surface area contributed by atoms with Gasteiger partial charge in [-0.1, -0.05) is 30.3 Å². The number of hydrogen-bond donors (Lipinski definition) is 1. The fourth-order valence-electron chi connectivity index (χ4n) is 3.44. The lowest BCUT2D eigenvalue weighted by Gasteiger charge is -2.11. The molecule has 3 aromatic carbocycles. The molecule has 0 aliphatic heterocycles. The van der Waals surface area contributed by atoms with E-state index >= 15 is 0 Å². The van der Waals surface area contributed by atoms with Crippen LogP contribution in [0.2, 0.25) is 0 Å². The minimum atomic E-state index is 0.418. The highest BCUT2D eigenvalue weighted by Gasteiger charge is 2.16. The molecule has 5 aromatic rings. The van der Waals surface area contributed by atoms with Crippen molar-refractivity contribution in [2.45, 2.75) is 0 Å². The normalized spacial score (nSPS) is 10.7. The summed E-state index contributed by atoms with van der Waals surface area (Å²) in [6, 6.07) is 22.8. The molecule has 0 atom stereocenters. The van der Waals surface area contributed by atoms with Crippen molar-refractivity contribution in [1.29, 1.82) is 0 Å². The van der Waals surface area contributed by atoms with Crippen molar-refractivity contribution in [3.8, 4) is 34.3 Å². The van der Waals surface area contributed by atoms with Gasteiger partial charge in [0.15, 0.2) is 5.65 Å². The Labute approximate surface area is 190 Å². The molecule has 0 saturated heterocycles. The van der Waals surface area contributed by atoms with E-state index in [9.17, 15) is 0 Å². The van der Waals surface area contributed by atoms with Gasteiger partial charge in [0.1, 0.15) is 28.7 Å². The second kappa shape index (κ2) is 8.88. The summed E-state index contributed by atoms with van der Waals surface area (Å²) in [4.78, 5) is 9.27. The van der Waals surface area contributed by atoms with Gasteiger partial charge in [-0.3, -0.25) is 4.98 Å². The third-order valence-corrected chi connectivity index (χ3v) is 4.98. The van der Waals surface area contributed by atoms with Gasteiger partial charge in [-0.15, -0.1) is 5.10 Å². The first-order chi connectivity index (χ1) is 16.2. The standard InChI is InChI=1S/C25H21N5O3/c1-31-19-14-17(15-20(16-19)32-2)27-25-28-24-23(26-12-13-30(24)29-25)21-10-6-7-11-22(21)33-18-8-4-3-5-9-18/h3-16H,1-2H3,(H,27,29). The van der Waals surface area contributed by atoms with Gasteiger partial charge in [0.2, 0.25) is 5.95 Å². The van der Waals surface area contributed by atoms with E-state index in [0.717, 1.165) is 17.0 Å². The van der Waals surface area contributed by atoms with Gasteiger partial charge in [0.05, 0.1) is 14.2 Å². The molecular formula is C25H21N5O3. The van der Waals surface area contributed by atoms with Crippen LogP contribution < -0.4 is 19.5 Å². The van der Waals surface area contributed by atoms with Crippen molar-refractivity contribution in [3.05, 3.63) is 85.2 Å². The van der Waals surface area contributed by atoms with Gasteiger partial charge in [0.25, 0.3) is 0 Å². The maximum atomic E-state index is 6.13. The second-order valence-corrected chi connectivity index (χ2v) is 7.12. The largest absolute Gasteiger partial charge is 0.497 e. The second-order valence-electron chi connectivity index (χ2n) is 7.12. The molecule has 2 heterocycles. The van der Waals surface area contributed by atoms with Gasteiger partial charge in [-0.25, -0.2) is 4.52 Å². The molecule has 0 aliphatic carbocycles. The lowest BCUT2D eigenvalue weighted by atomic mass is 10.1. The molecule has 8 nitrogen and oxygen atoms in total. The highest BCUT2D eigenvalue weighted by molar-refractivity contribution is 5.79. The summed E-state index contributed by atoms with van der Waals surface area (Å²) in [7, 11) is 3.21. The lowest BCUT2D eigenvalue weighted by Crippen LogP contribution is -1.96. The van der Waals surface area contributed by atoms with E-state index in [4.69, 9.17) is 14.2 Å².